The average Bonchev–Trinajstić information content (AvgIpc) is 2.17. The Bertz CT molecular complexity index is 295. The second-order valence-corrected chi connectivity index (χ2v) is 3.17. The number of carbonyl (C=O) groups is 2. The molecule has 0 aromatic carbocycles. The van der Waals surface area contributed by atoms with Gasteiger partial charge in [-0.25, -0.2) is 0 Å². The fourth-order valence-corrected chi connectivity index (χ4v) is 1.16. The zero-order valence-electron chi connectivity index (χ0n) is 9.06. The Hall–Kier alpha value is -1.69. The van der Waals surface area contributed by atoms with Gasteiger partial charge in [-0.15, -0.1) is 0 Å². The van der Waals surface area contributed by atoms with Gasteiger partial charge in [0.05, 0.1) is 12.0 Å². The van der Waals surface area contributed by atoms with Crippen LogP contribution in [0.5, 0.6) is 0 Å². The summed E-state index contributed by atoms with van der Waals surface area (Å²) in [6.07, 6.45) is 6.33. The van der Waals surface area contributed by atoms with Crippen LogP contribution < -0.4 is 0 Å². The highest BCUT2D eigenvalue weighted by molar-refractivity contribution is 5.92. The van der Waals surface area contributed by atoms with Crippen molar-refractivity contribution >= 4 is 11.6 Å². The van der Waals surface area contributed by atoms with Crippen molar-refractivity contribution in [3.63, 3.8) is 0 Å². The highest BCUT2D eigenvalue weighted by Gasteiger charge is 2.14. The first-order chi connectivity index (χ1) is 7.13. The molecular weight excluding hydrogens is 190 g/mol. The third kappa shape index (κ3) is 6.39. The number of ketones is 2. The largest absolute Gasteiger partial charge is 0.295 e. The van der Waals surface area contributed by atoms with Crippen molar-refractivity contribution < 1.29 is 9.59 Å². The maximum Gasteiger partial charge on any atom is 0.156 e. The summed E-state index contributed by atoms with van der Waals surface area (Å²) in [6, 6.07) is 1.97. The molecule has 0 bridgehead atoms. The van der Waals surface area contributed by atoms with Crippen LogP contribution in [0.1, 0.15) is 26.7 Å². The van der Waals surface area contributed by atoms with Crippen LogP contribution in [0.4, 0.5) is 0 Å². The summed E-state index contributed by atoms with van der Waals surface area (Å²) >= 11 is 0. The lowest BCUT2D eigenvalue weighted by molar-refractivity contribution is -0.116. The van der Waals surface area contributed by atoms with Crippen molar-refractivity contribution in [3.05, 3.63) is 24.3 Å². The van der Waals surface area contributed by atoms with E-state index in [1.807, 2.05) is 6.07 Å². The Morgan fingerprint density at radius 2 is 1.53 bits per heavy atom. The molecule has 0 heterocycles. The SMILES string of the molecule is C/C=C/C(=O)CC(C#N)CC(=O)/C=C/C. The lowest BCUT2D eigenvalue weighted by Crippen LogP contribution is -2.09. The minimum Gasteiger partial charge on any atom is -0.295 e. The molecule has 0 aliphatic rings. The van der Waals surface area contributed by atoms with E-state index in [0.717, 1.165) is 0 Å². The van der Waals surface area contributed by atoms with Crippen molar-refractivity contribution in [1.29, 1.82) is 5.26 Å². The van der Waals surface area contributed by atoms with E-state index in [-0.39, 0.29) is 24.4 Å². The van der Waals surface area contributed by atoms with Crippen LogP contribution in [0.2, 0.25) is 0 Å². The van der Waals surface area contributed by atoms with Crippen molar-refractivity contribution in [2.45, 2.75) is 26.7 Å². The average molecular weight is 205 g/mol. The number of hydrogen-bond donors (Lipinski definition) is 0. The zero-order valence-corrected chi connectivity index (χ0v) is 9.06. The fraction of sp³-hybridized carbons (Fsp3) is 0.417. The lowest BCUT2D eigenvalue weighted by Gasteiger charge is -2.03. The molecular formula is C12H15NO2. The van der Waals surface area contributed by atoms with E-state index in [2.05, 4.69) is 0 Å². The maximum absolute atomic E-state index is 11.2. The van der Waals surface area contributed by atoms with Gasteiger partial charge >= 0.3 is 0 Å². The van der Waals surface area contributed by atoms with Crippen LogP contribution in [-0.4, -0.2) is 11.6 Å². The predicted octanol–water partition coefficient (Wildman–Crippen LogP) is 2.20. The van der Waals surface area contributed by atoms with E-state index in [1.165, 1.54) is 12.2 Å². The zero-order chi connectivity index (χ0) is 11.7. The summed E-state index contributed by atoms with van der Waals surface area (Å²) in [6.45, 7) is 3.48. The van der Waals surface area contributed by atoms with Gasteiger partial charge in [0, 0.05) is 12.8 Å². The van der Waals surface area contributed by atoms with Crippen molar-refractivity contribution in [3.8, 4) is 6.07 Å². The molecule has 0 unspecified atom stereocenters. The smallest absolute Gasteiger partial charge is 0.156 e. The van der Waals surface area contributed by atoms with Crippen LogP contribution in [0.15, 0.2) is 24.3 Å². The molecule has 3 nitrogen and oxygen atoms in total. The van der Waals surface area contributed by atoms with Gasteiger partial charge in [-0.2, -0.15) is 5.26 Å². The van der Waals surface area contributed by atoms with Gasteiger partial charge in [0.1, 0.15) is 0 Å². The number of allylic oxidation sites excluding steroid dienone is 4. The van der Waals surface area contributed by atoms with Gasteiger partial charge in [-0.1, -0.05) is 12.2 Å². The van der Waals surface area contributed by atoms with E-state index in [1.54, 1.807) is 26.0 Å². The highest BCUT2D eigenvalue weighted by Crippen LogP contribution is 2.09. The highest BCUT2D eigenvalue weighted by atomic mass is 16.1. The van der Waals surface area contributed by atoms with Crippen molar-refractivity contribution in [2.75, 3.05) is 0 Å². The fourth-order valence-electron chi connectivity index (χ4n) is 1.16. The Labute approximate surface area is 90.1 Å². The number of carbonyl (C=O) groups excluding carboxylic acids is 2. The molecule has 0 aliphatic heterocycles. The molecule has 80 valence electrons. The summed E-state index contributed by atoms with van der Waals surface area (Å²) in [5, 5.41) is 8.76. The summed E-state index contributed by atoms with van der Waals surface area (Å²) in [5.74, 6) is -0.743. The normalized spacial score (nSPS) is 11.1. The standard InChI is InChI=1S/C12H15NO2/c1-3-5-11(14)7-10(9-13)8-12(15)6-4-2/h3-6,10H,7-8H2,1-2H3/b5-3+,6-4+. The van der Waals surface area contributed by atoms with E-state index >= 15 is 0 Å². The molecule has 0 saturated heterocycles. The third-order valence-corrected chi connectivity index (χ3v) is 1.78. The van der Waals surface area contributed by atoms with Crippen molar-refractivity contribution in [1.82, 2.24) is 0 Å². The molecule has 0 N–H and O–H groups in total. The van der Waals surface area contributed by atoms with E-state index in [4.69, 9.17) is 5.26 Å². The van der Waals surface area contributed by atoms with Crippen LogP contribution in [0.3, 0.4) is 0 Å². The summed E-state index contributed by atoms with van der Waals surface area (Å²) in [4.78, 5) is 22.4. The van der Waals surface area contributed by atoms with E-state index in [0.29, 0.717) is 0 Å². The molecule has 0 radical (unpaired) electrons. The maximum atomic E-state index is 11.2. The molecule has 0 aliphatic carbocycles. The summed E-state index contributed by atoms with van der Waals surface area (Å²) in [5.41, 5.74) is 0. The van der Waals surface area contributed by atoms with Crippen molar-refractivity contribution in [2.24, 2.45) is 5.92 Å². The molecule has 0 aromatic heterocycles. The Morgan fingerprint density at radius 3 is 1.80 bits per heavy atom. The molecule has 0 amide bonds. The molecule has 0 aromatic rings. The molecule has 0 saturated carbocycles. The van der Waals surface area contributed by atoms with Gasteiger partial charge in [0.25, 0.3) is 0 Å². The van der Waals surface area contributed by atoms with Gasteiger partial charge in [0.2, 0.25) is 0 Å². The topological polar surface area (TPSA) is 57.9 Å². The van der Waals surface area contributed by atoms with Gasteiger partial charge in [-0.3, -0.25) is 9.59 Å². The first-order valence-electron chi connectivity index (χ1n) is 4.84. The van der Waals surface area contributed by atoms with Crippen LogP contribution in [0, 0.1) is 17.2 Å². The number of nitrogens with zero attached hydrogens (tertiary/aromatic N) is 1. The quantitative estimate of drug-likeness (QED) is 0.624. The van der Waals surface area contributed by atoms with E-state index < -0.39 is 5.92 Å². The summed E-state index contributed by atoms with van der Waals surface area (Å²) < 4.78 is 0. The van der Waals surface area contributed by atoms with Gasteiger partial charge in [0.15, 0.2) is 11.6 Å². The number of hydrogen-bond acceptors (Lipinski definition) is 3. The van der Waals surface area contributed by atoms with E-state index in [9.17, 15) is 9.59 Å². The molecule has 15 heavy (non-hydrogen) atoms. The predicted molar refractivity (Wildman–Crippen MR) is 58.0 cm³/mol. The molecule has 0 rings (SSSR count). The second kappa shape index (κ2) is 7.69. The van der Waals surface area contributed by atoms with Crippen LogP contribution >= 0.6 is 0 Å². The molecule has 0 atom stereocenters. The second-order valence-electron chi connectivity index (χ2n) is 3.17. The Morgan fingerprint density at radius 1 is 1.13 bits per heavy atom. The number of rotatable bonds is 6. The van der Waals surface area contributed by atoms with Gasteiger partial charge in [-0.05, 0) is 26.0 Å². The first kappa shape index (κ1) is 13.3. The third-order valence-electron chi connectivity index (χ3n) is 1.78. The monoisotopic (exact) mass is 205 g/mol. The molecule has 0 spiro atoms. The minimum atomic E-state index is -0.516. The Balaban J connectivity index is 4.22. The number of nitriles is 1. The molecule has 3 heteroatoms. The summed E-state index contributed by atoms with van der Waals surface area (Å²) in [7, 11) is 0. The van der Waals surface area contributed by atoms with Crippen LogP contribution in [-0.2, 0) is 9.59 Å². The minimum absolute atomic E-state index is 0.114. The lowest BCUT2D eigenvalue weighted by atomic mass is 9.97. The first-order valence-corrected chi connectivity index (χ1v) is 4.84. The van der Waals surface area contributed by atoms with Crippen LogP contribution in [0.25, 0.3) is 0 Å². The Kier molecular flexibility index (Phi) is 6.82. The van der Waals surface area contributed by atoms with Gasteiger partial charge < -0.3 is 0 Å². The molecule has 0 fully saturated rings.